The lowest BCUT2D eigenvalue weighted by Gasteiger charge is -2.09. The molecule has 0 amide bonds. The Labute approximate surface area is 141 Å². The van der Waals surface area contributed by atoms with Gasteiger partial charge in [0.1, 0.15) is 0 Å². The Bertz CT molecular complexity index is 529. The number of hydrogen-bond acceptors (Lipinski definition) is 2. The fourth-order valence-electron chi connectivity index (χ4n) is 2.78. The molecule has 0 radical (unpaired) electrons. The number of benzene rings is 1. The SMILES string of the molecule is CCCCCCCCCCCCc1ccccc1NS(=O)(=O)O. The second kappa shape index (κ2) is 11.5. The zero-order chi connectivity index (χ0) is 17.0. The molecule has 1 aromatic rings. The summed E-state index contributed by atoms with van der Waals surface area (Å²) in [6.45, 7) is 2.24. The van der Waals surface area contributed by atoms with E-state index in [1.165, 1.54) is 51.4 Å². The van der Waals surface area contributed by atoms with Gasteiger partial charge < -0.3 is 0 Å². The van der Waals surface area contributed by atoms with Crippen molar-refractivity contribution in [2.24, 2.45) is 0 Å². The molecule has 0 fully saturated rings. The maximum Gasteiger partial charge on any atom is 0.357 e. The van der Waals surface area contributed by atoms with Crippen molar-refractivity contribution in [1.82, 2.24) is 0 Å². The highest BCUT2D eigenvalue weighted by molar-refractivity contribution is 7.87. The molecule has 0 aliphatic heterocycles. The molecule has 0 aliphatic rings. The maximum absolute atomic E-state index is 10.9. The minimum Gasteiger partial charge on any atom is -0.269 e. The largest absolute Gasteiger partial charge is 0.357 e. The zero-order valence-corrected chi connectivity index (χ0v) is 15.1. The van der Waals surface area contributed by atoms with Crippen LogP contribution in [0.1, 0.15) is 76.7 Å². The molecule has 0 spiro atoms. The Hall–Kier alpha value is -1.07. The number of unbranched alkanes of at least 4 members (excludes halogenated alkanes) is 9. The molecular formula is C18H31NO3S. The van der Waals surface area contributed by atoms with Gasteiger partial charge in [-0.15, -0.1) is 0 Å². The van der Waals surface area contributed by atoms with Crippen LogP contribution in [0.5, 0.6) is 0 Å². The van der Waals surface area contributed by atoms with Gasteiger partial charge in [-0.25, -0.2) is 0 Å². The number of nitrogens with one attached hydrogen (secondary N) is 1. The first-order valence-electron chi connectivity index (χ1n) is 8.86. The summed E-state index contributed by atoms with van der Waals surface area (Å²) in [5.74, 6) is 0. The number of aryl methyl sites for hydroxylation is 1. The van der Waals surface area contributed by atoms with Crippen molar-refractivity contribution in [3.63, 3.8) is 0 Å². The number of para-hydroxylation sites is 1. The van der Waals surface area contributed by atoms with Crippen LogP contribution < -0.4 is 4.72 Å². The molecule has 5 heteroatoms. The molecule has 0 unspecified atom stereocenters. The average Bonchev–Trinajstić information content (AvgIpc) is 2.49. The summed E-state index contributed by atoms with van der Waals surface area (Å²) in [6, 6.07) is 7.23. The Kier molecular flexibility index (Phi) is 9.96. The van der Waals surface area contributed by atoms with E-state index in [0.29, 0.717) is 5.69 Å². The predicted molar refractivity (Wildman–Crippen MR) is 97.2 cm³/mol. The number of hydrogen-bond donors (Lipinski definition) is 2. The molecule has 1 aromatic carbocycles. The van der Waals surface area contributed by atoms with Crippen LogP contribution in [0.2, 0.25) is 0 Å². The first-order chi connectivity index (χ1) is 11.0. The Balaban J connectivity index is 2.16. The lowest BCUT2D eigenvalue weighted by molar-refractivity contribution is 0.489. The normalized spacial score (nSPS) is 11.6. The molecule has 0 saturated heterocycles. The molecule has 23 heavy (non-hydrogen) atoms. The minimum absolute atomic E-state index is 0.478. The highest BCUT2D eigenvalue weighted by Crippen LogP contribution is 2.19. The molecule has 0 aromatic heterocycles. The average molecular weight is 342 g/mol. The highest BCUT2D eigenvalue weighted by atomic mass is 32.2. The molecule has 0 saturated carbocycles. The van der Waals surface area contributed by atoms with E-state index in [1.807, 2.05) is 12.1 Å². The molecule has 4 nitrogen and oxygen atoms in total. The van der Waals surface area contributed by atoms with Gasteiger partial charge in [0.25, 0.3) is 0 Å². The van der Waals surface area contributed by atoms with Gasteiger partial charge in [0.05, 0.1) is 5.69 Å². The van der Waals surface area contributed by atoms with E-state index < -0.39 is 10.3 Å². The highest BCUT2D eigenvalue weighted by Gasteiger charge is 2.07. The monoisotopic (exact) mass is 341 g/mol. The third-order valence-electron chi connectivity index (χ3n) is 4.06. The first kappa shape index (κ1) is 20.0. The van der Waals surface area contributed by atoms with Gasteiger partial charge in [-0.1, -0.05) is 82.9 Å². The van der Waals surface area contributed by atoms with Crippen molar-refractivity contribution in [1.29, 1.82) is 0 Å². The van der Waals surface area contributed by atoms with Crippen molar-refractivity contribution in [2.45, 2.75) is 77.6 Å². The fourth-order valence-corrected chi connectivity index (χ4v) is 3.26. The van der Waals surface area contributed by atoms with Crippen LogP contribution >= 0.6 is 0 Å². The van der Waals surface area contributed by atoms with Crippen LogP contribution in [-0.2, 0) is 16.7 Å². The van der Waals surface area contributed by atoms with Gasteiger partial charge in [0.15, 0.2) is 0 Å². The summed E-state index contributed by atoms with van der Waals surface area (Å²) in [6.07, 6.45) is 13.6. The second-order valence-electron chi connectivity index (χ2n) is 6.17. The summed E-state index contributed by atoms with van der Waals surface area (Å²) in [7, 11) is -4.20. The van der Waals surface area contributed by atoms with Gasteiger partial charge in [0.2, 0.25) is 0 Å². The molecular weight excluding hydrogens is 310 g/mol. The van der Waals surface area contributed by atoms with E-state index in [2.05, 4.69) is 11.6 Å². The van der Waals surface area contributed by atoms with E-state index in [4.69, 9.17) is 4.55 Å². The van der Waals surface area contributed by atoms with Gasteiger partial charge >= 0.3 is 10.3 Å². The second-order valence-corrected chi connectivity index (χ2v) is 7.32. The summed E-state index contributed by atoms with van der Waals surface area (Å²) < 4.78 is 32.9. The van der Waals surface area contributed by atoms with Gasteiger partial charge in [-0.2, -0.15) is 8.42 Å². The van der Waals surface area contributed by atoms with E-state index in [0.717, 1.165) is 24.8 Å². The fraction of sp³-hybridized carbons (Fsp3) is 0.667. The van der Waals surface area contributed by atoms with Crippen molar-refractivity contribution >= 4 is 16.0 Å². The zero-order valence-electron chi connectivity index (χ0n) is 14.3. The Morgan fingerprint density at radius 2 is 1.39 bits per heavy atom. The van der Waals surface area contributed by atoms with Crippen LogP contribution in [-0.4, -0.2) is 13.0 Å². The van der Waals surface area contributed by atoms with E-state index in [-0.39, 0.29) is 0 Å². The molecule has 0 aliphatic carbocycles. The smallest absolute Gasteiger partial charge is 0.269 e. The van der Waals surface area contributed by atoms with Crippen LogP contribution in [0, 0.1) is 0 Å². The summed E-state index contributed by atoms with van der Waals surface area (Å²) in [4.78, 5) is 0. The van der Waals surface area contributed by atoms with E-state index >= 15 is 0 Å². The molecule has 0 bridgehead atoms. The molecule has 0 heterocycles. The lowest BCUT2D eigenvalue weighted by atomic mass is 10.0. The molecule has 1 rings (SSSR count). The van der Waals surface area contributed by atoms with Gasteiger partial charge in [-0.05, 0) is 24.5 Å². The van der Waals surface area contributed by atoms with Crippen LogP contribution in [0.4, 0.5) is 5.69 Å². The number of anilines is 1. The Morgan fingerprint density at radius 3 is 1.96 bits per heavy atom. The molecule has 2 N–H and O–H groups in total. The standard InChI is InChI=1S/C18H31NO3S/c1-2-3-4-5-6-7-8-9-10-11-14-17-15-12-13-16-18(17)19-23(20,21)22/h12-13,15-16,19H,2-11,14H2,1H3,(H,20,21,22). The third-order valence-corrected chi connectivity index (χ3v) is 4.53. The van der Waals surface area contributed by atoms with Gasteiger partial charge in [-0.3, -0.25) is 9.27 Å². The molecule has 0 atom stereocenters. The quantitative estimate of drug-likeness (QED) is 0.375. The van der Waals surface area contributed by atoms with Crippen LogP contribution in [0.25, 0.3) is 0 Å². The maximum atomic E-state index is 10.9. The van der Waals surface area contributed by atoms with Crippen molar-refractivity contribution < 1.29 is 13.0 Å². The van der Waals surface area contributed by atoms with Crippen LogP contribution in [0.15, 0.2) is 24.3 Å². The van der Waals surface area contributed by atoms with E-state index in [1.54, 1.807) is 12.1 Å². The third kappa shape index (κ3) is 10.3. The van der Waals surface area contributed by atoms with Gasteiger partial charge in [0, 0.05) is 0 Å². The Morgan fingerprint density at radius 1 is 0.870 bits per heavy atom. The van der Waals surface area contributed by atoms with Crippen LogP contribution in [0.3, 0.4) is 0 Å². The minimum atomic E-state index is -4.20. The topological polar surface area (TPSA) is 66.4 Å². The summed E-state index contributed by atoms with van der Waals surface area (Å²) >= 11 is 0. The van der Waals surface area contributed by atoms with Crippen molar-refractivity contribution in [2.75, 3.05) is 4.72 Å². The van der Waals surface area contributed by atoms with Crippen molar-refractivity contribution in [3.05, 3.63) is 29.8 Å². The van der Waals surface area contributed by atoms with Crippen molar-refractivity contribution in [3.8, 4) is 0 Å². The first-order valence-corrected chi connectivity index (χ1v) is 10.3. The number of rotatable bonds is 13. The summed E-state index contributed by atoms with van der Waals surface area (Å²) in [5.41, 5.74) is 1.41. The predicted octanol–water partition coefficient (Wildman–Crippen LogP) is 5.36. The summed E-state index contributed by atoms with van der Waals surface area (Å²) in [5, 5.41) is 0. The molecule has 132 valence electrons. The van der Waals surface area contributed by atoms with E-state index in [9.17, 15) is 8.42 Å². The lowest BCUT2D eigenvalue weighted by Crippen LogP contribution is -2.11.